The maximum absolute atomic E-state index is 13.4. The molecule has 62 heavy (non-hydrogen) atoms. The van der Waals surface area contributed by atoms with Crippen molar-refractivity contribution in [3.05, 3.63) is 148 Å². The summed E-state index contributed by atoms with van der Waals surface area (Å²) in [7, 11) is 0. The first-order valence-electron chi connectivity index (χ1n) is 20.7. The van der Waals surface area contributed by atoms with E-state index in [9.17, 15) is 15.1 Å². The normalized spacial score (nSPS) is 28.6. The zero-order valence-electron chi connectivity index (χ0n) is 34.4. The summed E-state index contributed by atoms with van der Waals surface area (Å²) in [6.45, 7) is 2.11. The molecule has 4 aromatic rings. The lowest BCUT2D eigenvalue weighted by Gasteiger charge is -2.49. The number of hydrogen-bond acceptors (Lipinski definition) is 13. The van der Waals surface area contributed by atoms with E-state index >= 15 is 0 Å². The highest BCUT2D eigenvalue weighted by atomic mass is 32.2. The number of nitrogens with zero attached hydrogens (tertiary/aromatic N) is 3. The summed E-state index contributed by atoms with van der Waals surface area (Å²) in [5.41, 5.74) is 17.9. The first-order valence-corrected chi connectivity index (χ1v) is 21.6. The molecule has 328 valence electrons. The topological polar surface area (TPSA) is 192 Å². The quantitative estimate of drug-likeness (QED) is 0.0440. The largest absolute Gasteiger partial charge is 0.454 e. The number of amides is 1. The third kappa shape index (κ3) is 12.4. The van der Waals surface area contributed by atoms with Gasteiger partial charge in [0.15, 0.2) is 24.8 Å². The summed E-state index contributed by atoms with van der Waals surface area (Å²) in [4.78, 5) is 30.6. The van der Waals surface area contributed by atoms with Crippen LogP contribution in [0.2, 0.25) is 0 Å². The van der Waals surface area contributed by atoms with Gasteiger partial charge in [-0.25, -0.2) is 0 Å². The number of nitrogens with two attached hydrogens (primary N) is 1. The molecule has 15 nitrogen and oxygen atoms in total. The van der Waals surface area contributed by atoms with Crippen LogP contribution >= 0.6 is 11.8 Å². The van der Waals surface area contributed by atoms with Crippen LogP contribution in [0, 0.1) is 0 Å². The van der Waals surface area contributed by atoms with Gasteiger partial charge in [-0.3, -0.25) is 9.59 Å². The monoisotopic (exact) mass is 868 g/mol. The lowest BCUT2D eigenvalue weighted by molar-refractivity contribution is -0.350. The molecule has 0 radical (unpaired) electrons. The smallest absolute Gasteiger partial charge is 0.303 e. The summed E-state index contributed by atoms with van der Waals surface area (Å²) in [6.07, 6.45) is -8.09. The Labute approximate surface area is 365 Å². The van der Waals surface area contributed by atoms with E-state index in [2.05, 4.69) is 10.0 Å². The minimum Gasteiger partial charge on any atom is -0.454 e. The lowest BCUT2D eigenvalue weighted by atomic mass is 9.95. The zero-order chi connectivity index (χ0) is 43.1. The van der Waals surface area contributed by atoms with Crippen molar-refractivity contribution in [3.63, 3.8) is 0 Å². The minimum atomic E-state index is -1.51. The number of thioether (sulfide) groups is 1. The van der Waals surface area contributed by atoms with Crippen molar-refractivity contribution in [2.75, 3.05) is 13.2 Å². The first-order chi connectivity index (χ1) is 30.4. The van der Waals surface area contributed by atoms with Crippen LogP contribution < -0.4 is 5.73 Å². The number of primary amides is 1. The number of ether oxygens (including phenoxy) is 9. The molecule has 3 heterocycles. The number of rotatable bonds is 19. The average molecular weight is 869 g/mol. The number of hydrogen-bond donors (Lipinski definition) is 1. The second kappa shape index (κ2) is 23.0. The van der Waals surface area contributed by atoms with Crippen molar-refractivity contribution in [2.24, 2.45) is 10.8 Å². The summed E-state index contributed by atoms with van der Waals surface area (Å²) in [6, 6.07) is 37.2. The van der Waals surface area contributed by atoms with Crippen molar-refractivity contribution in [1.29, 1.82) is 0 Å². The molecule has 2 N–H and O–H groups in total. The molecule has 5 unspecified atom stereocenters. The van der Waals surface area contributed by atoms with Gasteiger partial charge in [-0.1, -0.05) is 126 Å². The fourth-order valence-electron chi connectivity index (χ4n) is 7.65. The van der Waals surface area contributed by atoms with Crippen molar-refractivity contribution < 1.29 is 52.2 Å². The van der Waals surface area contributed by atoms with E-state index in [1.807, 2.05) is 121 Å². The number of carbonyl (C=O) groups excluding carboxylic acids is 2. The maximum Gasteiger partial charge on any atom is 0.303 e. The molecule has 3 fully saturated rings. The highest BCUT2D eigenvalue weighted by molar-refractivity contribution is 7.99. The predicted molar refractivity (Wildman–Crippen MR) is 227 cm³/mol. The summed E-state index contributed by atoms with van der Waals surface area (Å²) in [5.74, 6) is -1.53. The number of carbonyl (C=O) groups is 2. The second-order valence-electron chi connectivity index (χ2n) is 15.1. The Kier molecular flexibility index (Phi) is 16.8. The SMILES string of the molecule is CC(=O)OC1[C@H](O[C@@H]2C(COCc3ccccc3)O[C@@H](Sc3ccccc3)C(N=[N+]=[N-])[C@@H]2OCc2ccccc2)OC(C(N)=O)[C@@H](OC2CCCCO2)[C@H]1OCc1ccccc1. The molecule has 0 spiro atoms. The van der Waals surface area contributed by atoms with E-state index in [0.717, 1.165) is 34.4 Å². The Morgan fingerprint density at radius 2 is 1.34 bits per heavy atom. The number of azide groups is 1. The third-order valence-electron chi connectivity index (χ3n) is 10.6. The second-order valence-corrected chi connectivity index (χ2v) is 16.3. The molecule has 0 saturated carbocycles. The van der Waals surface area contributed by atoms with E-state index in [1.165, 1.54) is 18.7 Å². The van der Waals surface area contributed by atoms with Gasteiger partial charge in [-0.05, 0) is 53.6 Å². The molecule has 3 aliphatic heterocycles. The van der Waals surface area contributed by atoms with Gasteiger partial charge in [-0.2, -0.15) is 0 Å². The van der Waals surface area contributed by atoms with Gasteiger partial charge < -0.3 is 48.4 Å². The van der Waals surface area contributed by atoms with Gasteiger partial charge in [0.1, 0.15) is 35.9 Å². The molecule has 16 heteroatoms. The Bertz CT molecular complexity index is 2030. The molecule has 3 aliphatic rings. The maximum atomic E-state index is 13.4. The van der Waals surface area contributed by atoms with Crippen molar-refractivity contribution in [2.45, 2.75) is 118 Å². The van der Waals surface area contributed by atoms with Crippen molar-refractivity contribution in [1.82, 2.24) is 0 Å². The van der Waals surface area contributed by atoms with Crippen LogP contribution in [-0.2, 0) is 72.0 Å². The highest BCUT2D eigenvalue weighted by Gasteiger charge is 2.56. The number of benzene rings is 4. The molecule has 3 saturated heterocycles. The fraction of sp³-hybridized carbons (Fsp3) is 0.435. The summed E-state index contributed by atoms with van der Waals surface area (Å²) < 4.78 is 58.2. The van der Waals surface area contributed by atoms with Crippen LogP contribution in [0.1, 0.15) is 42.9 Å². The van der Waals surface area contributed by atoms with Gasteiger partial charge >= 0.3 is 5.97 Å². The minimum absolute atomic E-state index is 0.0114. The van der Waals surface area contributed by atoms with Crippen LogP contribution in [0.25, 0.3) is 10.4 Å². The van der Waals surface area contributed by atoms with Crippen LogP contribution in [-0.4, -0.2) is 91.9 Å². The van der Waals surface area contributed by atoms with Crippen LogP contribution in [0.5, 0.6) is 0 Å². The fourth-order valence-corrected chi connectivity index (χ4v) is 8.78. The van der Waals surface area contributed by atoms with Gasteiger partial charge in [0.25, 0.3) is 0 Å². The molecule has 4 aromatic carbocycles. The van der Waals surface area contributed by atoms with Crippen molar-refractivity contribution >= 4 is 23.6 Å². The average Bonchev–Trinajstić information content (AvgIpc) is 3.29. The van der Waals surface area contributed by atoms with Gasteiger partial charge in [0.05, 0.1) is 32.5 Å². The Morgan fingerprint density at radius 1 is 0.742 bits per heavy atom. The van der Waals surface area contributed by atoms with Gasteiger partial charge in [-0.15, -0.1) is 0 Å². The molecule has 11 atom stereocenters. The van der Waals surface area contributed by atoms with Crippen LogP contribution in [0.4, 0.5) is 0 Å². The van der Waals surface area contributed by atoms with E-state index in [0.29, 0.717) is 13.0 Å². The Hall–Kier alpha value is -4.84. The van der Waals surface area contributed by atoms with E-state index in [-0.39, 0.29) is 26.4 Å². The standard InChI is InChI=1S/C46H52N4O11S/c1-30(51)57-43-40(56-28-33-20-10-4-11-21-33)41(59-36-24-14-15-25-54-36)42(44(47)52)61-45(43)60-38-35(29-53-26-31-16-6-2-7-17-31)58-46(62-34-22-12-5-13-23-34)37(49-50-48)39(38)55-27-32-18-8-3-9-19-32/h2-13,16-23,35-43,45-46H,14-15,24-29H2,1H3,(H2,47,52)/t35?,36?,37?,38-,39+,40-,41+,42?,43?,45-,46+/m1/s1. The Balaban J connectivity index is 1.27. The number of esters is 1. The molecule has 1 amide bonds. The van der Waals surface area contributed by atoms with E-state index in [1.54, 1.807) is 0 Å². The molecule has 0 aliphatic carbocycles. The molecule has 7 rings (SSSR count). The van der Waals surface area contributed by atoms with E-state index < -0.39 is 78.7 Å². The Morgan fingerprint density at radius 3 is 1.90 bits per heavy atom. The van der Waals surface area contributed by atoms with Gasteiger partial charge in [0.2, 0.25) is 5.91 Å². The van der Waals surface area contributed by atoms with Crippen molar-refractivity contribution in [3.8, 4) is 0 Å². The molecule has 0 bridgehead atoms. The third-order valence-corrected chi connectivity index (χ3v) is 11.7. The lowest BCUT2D eigenvalue weighted by Crippen LogP contribution is -2.67. The van der Waals surface area contributed by atoms with Gasteiger partial charge in [0, 0.05) is 23.3 Å². The summed E-state index contributed by atoms with van der Waals surface area (Å²) in [5, 5.41) is 4.26. The highest BCUT2D eigenvalue weighted by Crippen LogP contribution is 2.40. The van der Waals surface area contributed by atoms with Crippen LogP contribution in [0.15, 0.2) is 131 Å². The molecule has 0 aromatic heterocycles. The zero-order valence-corrected chi connectivity index (χ0v) is 35.2. The summed E-state index contributed by atoms with van der Waals surface area (Å²) >= 11 is 1.37. The first kappa shape index (κ1) is 45.2. The molecular formula is C46H52N4O11S. The molecular weight excluding hydrogens is 817 g/mol. The predicted octanol–water partition coefficient (Wildman–Crippen LogP) is 7.01. The van der Waals surface area contributed by atoms with Crippen LogP contribution in [0.3, 0.4) is 0 Å². The van der Waals surface area contributed by atoms with E-state index in [4.69, 9.17) is 48.4 Å².